The summed E-state index contributed by atoms with van der Waals surface area (Å²) in [4.78, 5) is 5.68. The van der Waals surface area contributed by atoms with Crippen molar-refractivity contribution in [2.45, 2.75) is 6.54 Å². The molecule has 3 aromatic rings. The van der Waals surface area contributed by atoms with E-state index in [1.54, 1.807) is 17.6 Å². The van der Waals surface area contributed by atoms with Crippen LogP contribution in [0.15, 0.2) is 41.1 Å². The predicted molar refractivity (Wildman–Crippen MR) is 70.1 cm³/mol. The third-order valence-corrected chi connectivity index (χ3v) is 3.65. The summed E-state index contributed by atoms with van der Waals surface area (Å²) in [5, 5.41) is 5.26. The van der Waals surface area contributed by atoms with Crippen molar-refractivity contribution in [2.75, 3.05) is 7.05 Å². The zero-order valence-electron chi connectivity index (χ0n) is 9.43. The summed E-state index contributed by atoms with van der Waals surface area (Å²) in [5.74, 6) is 0. The van der Waals surface area contributed by atoms with Crippen LogP contribution in [-0.4, -0.2) is 12.0 Å². The van der Waals surface area contributed by atoms with Crippen molar-refractivity contribution in [1.82, 2.24) is 10.3 Å². The molecule has 0 aliphatic heterocycles. The highest BCUT2D eigenvalue weighted by Gasteiger charge is 2.10. The van der Waals surface area contributed by atoms with Gasteiger partial charge in [0.15, 0.2) is 0 Å². The van der Waals surface area contributed by atoms with Crippen LogP contribution in [-0.2, 0) is 6.54 Å². The fourth-order valence-electron chi connectivity index (χ4n) is 1.83. The number of hydrogen-bond acceptors (Lipinski definition) is 4. The fraction of sp³-hybridized carbons (Fsp3) is 0.154. The molecule has 86 valence electrons. The number of nitrogens with zero attached hydrogens (tertiary/aromatic N) is 1. The van der Waals surface area contributed by atoms with Gasteiger partial charge in [-0.05, 0) is 13.1 Å². The zero-order valence-corrected chi connectivity index (χ0v) is 10.3. The van der Waals surface area contributed by atoms with Crippen LogP contribution in [0.25, 0.3) is 21.5 Å². The van der Waals surface area contributed by atoms with Crippen LogP contribution >= 0.6 is 11.3 Å². The van der Waals surface area contributed by atoms with Gasteiger partial charge in [0.1, 0.15) is 16.9 Å². The summed E-state index contributed by atoms with van der Waals surface area (Å²) in [6.45, 7) is 0.855. The first-order valence-corrected chi connectivity index (χ1v) is 6.26. The molecule has 1 N–H and O–H groups in total. The van der Waals surface area contributed by atoms with Crippen molar-refractivity contribution in [3.05, 3.63) is 41.6 Å². The molecule has 0 bridgehead atoms. The molecule has 0 aliphatic rings. The smallest absolute Gasteiger partial charge is 0.134 e. The molecule has 1 aromatic carbocycles. The molecule has 0 amide bonds. The van der Waals surface area contributed by atoms with Gasteiger partial charge in [-0.2, -0.15) is 0 Å². The van der Waals surface area contributed by atoms with Crippen LogP contribution in [0.3, 0.4) is 0 Å². The highest BCUT2D eigenvalue weighted by atomic mass is 32.1. The first-order chi connectivity index (χ1) is 8.38. The Labute approximate surface area is 103 Å². The molecule has 0 atom stereocenters. The minimum absolute atomic E-state index is 0.855. The van der Waals surface area contributed by atoms with Gasteiger partial charge in [0.2, 0.25) is 0 Å². The minimum atomic E-state index is 0.855. The maximum atomic E-state index is 5.52. The van der Waals surface area contributed by atoms with Gasteiger partial charge < -0.3 is 9.73 Å². The molecule has 0 radical (unpaired) electrons. The molecule has 0 saturated heterocycles. The Hall–Kier alpha value is -1.65. The van der Waals surface area contributed by atoms with Crippen molar-refractivity contribution in [2.24, 2.45) is 0 Å². The SMILES string of the molecule is CNCc1cnc(-c2coc3ccccc23)s1. The normalized spacial score (nSPS) is 11.1. The summed E-state index contributed by atoms with van der Waals surface area (Å²) in [5.41, 5.74) is 1.99. The topological polar surface area (TPSA) is 38.1 Å². The molecule has 0 saturated carbocycles. The van der Waals surface area contributed by atoms with Crippen LogP contribution in [0.1, 0.15) is 4.88 Å². The number of rotatable bonds is 3. The number of nitrogens with one attached hydrogen (secondary N) is 1. The van der Waals surface area contributed by atoms with Crippen LogP contribution in [0.5, 0.6) is 0 Å². The number of aromatic nitrogens is 1. The largest absolute Gasteiger partial charge is 0.464 e. The van der Waals surface area contributed by atoms with Crippen molar-refractivity contribution < 1.29 is 4.42 Å². The average molecular weight is 244 g/mol. The molecular formula is C13H12N2OS. The summed E-state index contributed by atoms with van der Waals surface area (Å²) >= 11 is 1.70. The average Bonchev–Trinajstić information content (AvgIpc) is 2.95. The van der Waals surface area contributed by atoms with Gasteiger partial charge in [-0.3, -0.25) is 0 Å². The predicted octanol–water partition coefficient (Wildman–Crippen LogP) is 3.28. The van der Waals surface area contributed by atoms with E-state index in [4.69, 9.17) is 4.42 Å². The second kappa shape index (κ2) is 4.31. The second-order valence-corrected chi connectivity index (χ2v) is 4.92. The van der Waals surface area contributed by atoms with Crippen LogP contribution < -0.4 is 5.32 Å². The van der Waals surface area contributed by atoms with Gasteiger partial charge in [-0.25, -0.2) is 4.98 Å². The van der Waals surface area contributed by atoms with Gasteiger partial charge in [0.05, 0.1) is 5.56 Å². The molecule has 0 aliphatic carbocycles. The fourth-order valence-corrected chi connectivity index (χ4v) is 2.78. The maximum absolute atomic E-state index is 5.52. The van der Waals surface area contributed by atoms with E-state index < -0.39 is 0 Å². The molecule has 4 heteroatoms. The first kappa shape index (κ1) is 10.5. The highest BCUT2D eigenvalue weighted by molar-refractivity contribution is 7.15. The third-order valence-electron chi connectivity index (χ3n) is 2.62. The standard InChI is InChI=1S/C13H12N2OS/c1-14-6-9-7-15-13(17-9)11-8-16-12-5-3-2-4-10(11)12/h2-5,7-8,14H,6H2,1H3. The Bertz CT molecular complexity index is 641. The van der Waals surface area contributed by atoms with Crippen LogP contribution in [0.4, 0.5) is 0 Å². The van der Waals surface area contributed by atoms with Gasteiger partial charge in [-0.15, -0.1) is 11.3 Å². The number of furan rings is 1. The lowest BCUT2D eigenvalue weighted by molar-refractivity contribution is 0.617. The quantitative estimate of drug-likeness (QED) is 0.768. The van der Waals surface area contributed by atoms with E-state index >= 15 is 0 Å². The number of hydrogen-bond donors (Lipinski definition) is 1. The molecule has 17 heavy (non-hydrogen) atoms. The molecule has 0 spiro atoms. The van der Waals surface area contributed by atoms with Crippen LogP contribution in [0, 0.1) is 0 Å². The van der Waals surface area contributed by atoms with E-state index in [1.165, 1.54) is 4.88 Å². The maximum Gasteiger partial charge on any atom is 0.134 e. The van der Waals surface area contributed by atoms with E-state index in [0.717, 1.165) is 28.1 Å². The van der Waals surface area contributed by atoms with Crippen molar-refractivity contribution in [3.63, 3.8) is 0 Å². The number of para-hydroxylation sites is 1. The minimum Gasteiger partial charge on any atom is -0.464 e. The molecule has 0 fully saturated rings. The number of benzene rings is 1. The van der Waals surface area contributed by atoms with E-state index in [-0.39, 0.29) is 0 Å². The summed E-state index contributed by atoms with van der Waals surface area (Å²) in [6.07, 6.45) is 3.70. The molecule has 3 rings (SSSR count). The second-order valence-electron chi connectivity index (χ2n) is 3.81. The Morgan fingerprint density at radius 2 is 2.24 bits per heavy atom. The summed E-state index contributed by atoms with van der Waals surface area (Å²) in [7, 11) is 1.94. The highest BCUT2D eigenvalue weighted by Crippen LogP contribution is 2.32. The molecular weight excluding hydrogens is 232 g/mol. The Morgan fingerprint density at radius 3 is 3.12 bits per heavy atom. The lowest BCUT2D eigenvalue weighted by Crippen LogP contribution is -2.02. The lowest BCUT2D eigenvalue weighted by atomic mass is 10.2. The Morgan fingerprint density at radius 1 is 1.35 bits per heavy atom. The number of thiazole rings is 1. The van der Waals surface area contributed by atoms with Crippen LogP contribution in [0.2, 0.25) is 0 Å². The lowest BCUT2D eigenvalue weighted by Gasteiger charge is -1.92. The number of fused-ring (bicyclic) bond motifs is 1. The van der Waals surface area contributed by atoms with Gasteiger partial charge >= 0.3 is 0 Å². The first-order valence-electron chi connectivity index (χ1n) is 5.44. The van der Waals surface area contributed by atoms with E-state index in [9.17, 15) is 0 Å². The summed E-state index contributed by atoms with van der Waals surface area (Å²) < 4.78 is 5.52. The van der Waals surface area contributed by atoms with E-state index in [0.29, 0.717) is 0 Å². The van der Waals surface area contributed by atoms with Crippen molar-refractivity contribution in [1.29, 1.82) is 0 Å². The van der Waals surface area contributed by atoms with Crippen molar-refractivity contribution in [3.8, 4) is 10.6 Å². The Balaban J connectivity index is 2.07. The van der Waals surface area contributed by atoms with Crippen molar-refractivity contribution >= 4 is 22.3 Å². The molecule has 2 aromatic heterocycles. The summed E-state index contributed by atoms with van der Waals surface area (Å²) in [6, 6.07) is 8.03. The molecule has 3 nitrogen and oxygen atoms in total. The van der Waals surface area contributed by atoms with Gasteiger partial charge in [0, 0.05) is 23.0 Å². The van der Waals surface area contributed by atoms with E-state index in [1.807, 2.05) is 31.4 Å². The third kappa shape index (κ3) is 1.85. The monoisotopic (exact) mass is 244 g/mol. The Kier molecular flexibility index (Phi) is 2.66. The zero-order chi connectivity index (χ0) is 11.7. The molecule has 0 unspecified atom stereocenters. The van der Waals surface area contributed by atoms with Gasteiger partial charge in [0.25, 0.3) is 0 Å². The van der Waals surface area contributed by atoms with Gasteiger partial charge in [-0.1, -0.05) is 18.2 Å². The molecule has 2 heterocycles. The van der Waals surface area contributed by atoms with E-state index in [2.05, 4.69) is 16.4 Å².